The van der Waals surface area contributed by atoms with Crippen molar-refractivity contribution >= 4 is 60.8 Å². The molecule has 14 rings (SSSR count). The maximum absolute atomic E-state index is 6.47. The van der Waals surface area contributed by atoms with E-state index in [1.165, 1.54) is 77.6 Å². The fraction of sp³-hybridized carbons (Fsp3) is 0.0323. The summed E-state index contributed by atoms with van der Waals surface area (Å²) in [4.78, 5) is 2.52. The van der Waals surface area contributed by atoms with Gasteiger partial charge in [-0.2, -0.15) is 0 Å². The van der Waals surface area contributed by atoms with Crippen LogP contribution in [0.1, 0.15) is 23.6 Å². The zero-order chi connectivity index (χ0) is 42.8. The Morgan fingerprint density at radius 3 is 1.80 bits per heavy atom. The van der Waals surface area contributed by atoms with Crippen molar-refractivity contribution in [2.24, 2.45) is 0 Å². The first-order valence-electron chi connectivity index (χ1n) is 22.5. The highest BCUT2D eigenvalue weighted by Gasteiger charge is 2.46. The Balaban J connectivity index is 1.15. The van der Waals surface area contributed by atoms with Crippen molar-refractivity contribution in [1.29, 1.82) is 0 Å². The van der Waals surface area contributed by atoms with Crippen LogP contribution in [0.4, 0.5) is 17.1 Å². The molecule has 0 bridgehead atoms. The van der Waals surface area contributed by atoms with Crippen LogP contribution in [0.25, 0.3) is 93.9 Å². The number of anilines is 3. The van der Waals surface area contributed by atoms with Gasteiger partial charge in [0.05, 0.1) is 22.4 Å². The highest BCUT2D eigenvalue weighted by Crippen LogP contribution is 2.62. The fourth-order valence-electron chi connectivity index (χ4n) is 11.4. The van der Waals surface area contributed by atoms with Crippen LogP contribution in [0.15, 0.2) is 229 Å². The summed E-state index contributed by atoms with van der Waals surface area (Å²) in [6, 6.07) is 82.5. The van der Waals surface area contributed by atoms with E-state index in [9.17, 15) is 0 Å². The lowest BCUT2D eigenvalue weighted by Crippen LogP contribution is -2.22. The van der Waals surface area contributed by atoms with Crippen LogP contribution in [0.3, 0.4) is 0 Å². The van der Waals surface area contributed by atoms with Gasteiger partial charge in [0.25, 0.3) is 0 Å². The Hall–Kier alpha value is -8.40. The molecule has 3 nitrogen and oxygen atoms in total. The van der Waals surface area contributed by atoms with Gasteiger partial charge in [-0.05, 0) is 112 Å². The molecule has 65 heavy (non-hydrogen) atoms. The number of hydrogen-bond acceptors (Lipinski definition) is 2. The minimum atomic E-state index is -0.409. The molecule has 2 aliphatic rings. The van der Waals surface area contributed by atoms with Crippen LogP contribution < -0.4 is 4.90 Å². The van der Waals surface area contributed by atoms with Gasteiger partial charge in [-0.3, -0.25) is 0 Å². The highest BCUT2D eigenvalue weighted by molar-refractivity contribution is 6.20. The highest BCUT2D eigenvalue weighted by atomic mass is 16.3. The smallest absolute Gasteiger partial charge is 0.135 e. The van der Waals surface area contributed by atoms with E-state index in [2.05, 4.69) is 235 Å². The summed E-state index contributed by atoms with van der Waals surface area (Å²) in [5.74, 6) is 0. The summed E-state index contributed by atoms with van der Waals surface area (Å²) in [7, 11) is 0. The Morgan fingerprint density at radius 2 is 1.03 bits per heavy atom. The Kier molecular flexibility index (Phi) is 7.53. The van der Waals surface area contributed by atoms with Crippen molar-refractivity contribution in [1.82, 2.24) is 4.57 Å². The zero-order valence-electron chi connectivity index (χ0n) is 35.7. The number of rotatable bonds is 6. The molecule has 0 saturated carbocycles. The first-order chi connectivity index (χ1) is 32.1. The molecule has 3 heteroatoms. The van der Waals surface area contributed by atoms with Crippen molar-refractivity contribution in [2.45, 2.75) is 12.3 Å². The van der Waals surface area contributed by atoms with E-state index in [-0.39, 0.29) is 0 Å². The van der Waals surface area contributed by atoms with Gasteiger partial charge in [-0.25, -0.2) is 0 Å². The standard InChI is InChI=1S/C62H40N2O/c1-62(43-21-9-4-10-22-43)51-32-33-55(58-49-25-12-15-27-54(49)64-53-26-14-11-23-46(53)48-30-31-52(62)60(59(51)58)61(48)64)63(44-29-34-57-50(38-44)47-24-13-16-28-56(47)65-57)45-36-41(39-17-5-2-6-18-39)35-42(37-45)40-19-7-3-8-20-40/h2-38H,1H3. The summed E-state index contributed by atoms with van der Waals surface area (Å²) in [6.07, 6.45) is 0. The molecule has 10 aromatic carbocycles. The van der Waals surface area contributed by atoms with Crippen LogP contribution in [0.5, 0.6) is 0 Å². The van der Waals surface area contributed by atoms with Crippen molar-refractivity contribution < 1.29 is 4.42 Å². The first-order valence-corrected chi connectivity index (χ1v) is 22.5. The largest absolute Gasteiger partial charge is 0.456 e. The molecular formula is C62H40N2O. The molecule has 304 valence electrons. The molecule has 3 heterocycles. The SMILES string of the molecule is CC1(c2ccccc2)c2ccc(N(c3cc(-c4ccccc4)cc(-c4ccccc4)c3)c3ccc4oc5ccccc5c4c3)c3c2-c2c1ccc1c4ccccc4n(c21)-c1ccccc1-3. The quantitative estimate of drug-likeness (QED) is 0.166. The Morgan fingerprint density at radius 1 is 0.415 bits per heavy atom. The third kappa shape index (κ3) is 5.06. The van der Waals surface area contributed by atoms with Gasteiger partial charge in [0.1, 0.15) is 11.2 Å². The lowest BCUT2D eigenvalue weighted by molar-refractivity contribution is 0.669. The molecule has 1 unspecified atom stereocenters. The Bertz CT molecular complexity index is 3840. The number of fused-ring (bicyclic) bond motifs is 9. The van der Waals surface area contributed by atoms with E-state index in [4.69, 9.17) is 4.42 Å². The fourth-order valence-corrected chi connectivity index (χ4v) is 11.4. The minimum Gasteiger partial charge on any atom is -0.456 e. The normalized spacial score (nSPS) is 14.6. The number of para-hydroxylation sites is 3. The minimum absolute atomic E-state index is 0.409. The van der Waals surface area contributed by atoms with E-state index in [0.29, 0.717) is 0 Å². The van der Waals surface area contributed by atoms with Crippen LogP contribution in [-0.2, 0) is 5.41 Å². The molecule has 0 fully saturated rings. The second kappa shape index (κ2) is 13.6. The van der Waals surface area contributed by atoms with Crippen molar-refractivity contribution in [3.8, 4) is 50.2 Å². The van der Waals surface area contributed by atoms with Gasteiger partial charge in [0.15, 0.2) is 0 Å². The molecule has 1 aliphatic heterocycles. The first kappa shape index (κ1) is 36.1. The average molecular weight is 829 g/mol. The zero-order valence-corrected chi connectivity index (χ0v) is 35.7. The molecule has 0 saturated heterocycles. The number of nitrogens with zero attached hydrogens (tertiary/aromatic N) is 2. The van der Waals surface area contributed by atoms with Crippen LogP contribution in [0, 0.1) is 0 Å². The second-order valence-corrected chi connectivity index (χ2v) is 17.7. The summed E-state index contributed by atoms with van der Waals surface area (Å²) in [5.41, 5.74) is 21.9. The Labute approximate surface area is 376 Å². The van der Waals surface area contributed by atoms with E-state index >= 15 is 0 Å². The summed E-state index contributed by atoms with van der Waals surface area (Å²) in [6.45, 7) is 2.44. The maximum atomic E-state index is 6.47. The molecule has 0 amide bonds. The predicted octanol–water partition coefficient (Wildman–Crippen LogP) is 16.8. The predicted molar refractivity (Wildman–Crippen MR) is 270 cm³/mol. The van der Waals surface area contributed by atoms with Gasteiger partial charge in [-0.15, -0.1) is 0 Å². The van der Waals surface area contributed by atoms with Gasteiger partial charge in [0, 0.05) is 55.0 Å². The summed E-state index contributed by atoms with van der Waals surface area (Å²) >= 11 is 0. The lowest BCUT2D eigenvalue weighted by atomic mass is 9.74. The topological polar surface area (TPSA) is 21.3 Å². The van der Waals surface area contributed by atoms with Crippen molar-refractivity contribution in [3.05, 3.63) is 241 Å². The molecular weight excluding hydrogens is 789 g/mol. The monoisotopic (exact) mass is 828 g/mol. The van der Waals surface area contributed by atoms with E-state index in [1.54, 1.807) is 0 Å². The molecule has 12 aromatic rings. The number of benzene rings is 10. The van der Waals surface area contributed by atoms with Gasteiger partial charge in [0.2, 0.25) is 0 Å². The van der Waals surface area contributed by atoms with E-state index in [0.717, 1.165) is 50.1 Å². The second-order valence-electron chi connectivity index (χ2n) is 17.7. The molecule has 1 atom stereocenters. The van der Waals surface area contributed by atoms with Crippen molar-refractivity contribution in [2.75, 3.05) is 4.90 Å². The van der Waals surface area contributed by atoms with Crippen LogP contribution >= 0.6 is 0 Å². The number of hydrogen-bond donors (Lipinski definition) is 0. The average Bonchev–Trinajstić information content (AvgIpc) is 3.97. The summed E-state index contributed by atoms with van der Waals surface area (Å²) < 4.78 is 9.02. The number of aromatic nitrogens is 1. The molecule has 0 N–H and O–H groups in total. The number of furan rings is 1. The third-order valence-corrected chi connectivity index (χ3v) is 14.4. The van der Waals surface area contributed by atoms with Crippen LogP contribution in [-0.4, -0.2) is 4.57 Å². The summed E-state index contributed by atoms with van der Waals surface area (Å²) in [5, 5.41) is 4.73. The van der Waals surface area contributed by atoms with Gasteiger partial charge < -0.3 is 13.9 Å². The van der Waals surface area contributed by atoms with Gasteiger partial charge in [-0.1, -0.05) is 164 Å². The molecule has 0 radical (unpaired) electrons. The molecule has 1 aliphatic carbocycles. The van der Waals surface area contributed by atoms with E-state index in [1.807, 2.05) is 6.07 Å². The lowest BCUT2D eigenvalue weighted by Gasteiger charge is -2.32. The molecule has 2 aromatic heterocycles. The van der Waals surface area contributed by atoms with Crippen molar-refractivity contribution in [3.63, 3.8) is 0 Å². The molecule has 0 spiro atoms. The maximum Gasteiger partial charge on any atom is 0.135 e. The van der Waals surface area contributed by atoms with Crippen LogP contribution in [0.2, 0.25) is 0 Å². The third-order valence-electron chi connectivity index (χ3n) is 14.4. The van der Waals surface area contributed by atoms with Gasteiger partial charge >= 0.3 is 0 Å². The van der Waals surface area contributed by atoms with E-state index < -0.39 is 5.41 Å².